The van der Waals surface area contributed by atoms with Gasteiger partial charge in [-0.25, -0.2) is 0 Å². The average molecular weight is 637 g/mol. The summed E-state index contributed by atoms with van der Waals surface area (Å²) < 4.78 is 0. The minimum Gasteiger partial charge on any atom is -0.353 e. The van der Waals surface area contributed by atoms with Gasteiger partial charge >= 0.3 is 0 Å². The largest absolute Gasteiger partial charge is 0.353 e. The summed E-state index contributed by atoms with van der Waals surface area (Å²) in [7, 11) is 0. The zero-order valence-electron chi connectivity index (χ0n) is 27.7. The predicted octanol–water partition coefficient (Wildman–Crippen LogP) is 2.45. The van der Waals surface area contributed by atoms with Crippen LogP contribution in [0.15, 0.2) is 48.5 Å². The summed E-state index contributed by atoms with van der Waals surface area (Å²) in [6, 6.07) is 13.0. The number of hydrogen-bond donors (Lipinski definition) is 4. The van der Waals surface area contributed by atoms with Crippen LogP contribution in [0, 0.1) is 21.7 Å². The number of Topliss-reactive ketones (excluding diaryl/α,β-unsaturated/α-hetero) is 6. The van der Waals surface area contributed by atoms with Gasteiger partial charge in [0.25, 0.3) is 23.1 Å². The molecular weight excluding hydrogens is 592 g/mol. The van der Waals surface area contributed by atoms with Crippen LogP contribution in [0.2, 0.25) is 0 Å². The van der Waals surface area contributed by atoms with Crippen molar-refractivity contribution < 1.29 is 49.2 Å². The van der Waals surface area contributed by atoms with Crippen molar-refractivity contribution in [2.24, 2.45) is 21.7 Å². The standard InChI is InChI=1S/C36H44O10/c1-31(2)17-21-9-13-23(14-10-21)19-34(7,8)30(42)36(45,46)28(40)26(38)32(3,4)18-22-11-15-24(16-12-22)20-33(5,6)29(41)35(43,44)27(39)25(31)37/h9-16,43-46H,17-20H2,1-8H3. The minimum absolute atomic E-state index is 0.0109. The van der Waals surface area contributed by atoms with Gasteiger partial charge in [0.2, 0.25) is 23.1 Å². The molecule has 4 bridgehead atoms. The highest BCUT2D eigenvalue weighted by molar-refractivity contribution is 6.46. The maximum atomic E-state index is 13.3. The number of benzene rings is 2. The van der Waals surface area contributed by atoms with Crippen LogP contribution in [0.25, 0.3) is 0 Å². The lowest BCUT2D eigenvalue weighted by atomic mass is 9.72. The van der Waals surface area contributed by atoms with Crippen LogP contribution in [-0.4, -0.2) is 66.7 Å². The smallest absolute Gasteiger partial charge is 0.293 e. The maximum Gasteiger partial charge on any atom is 0.293 e. The third-order valence-electron chi connectivity index (χ3n) is 8.77. The van der Waals surface area contributed by atoms with Crippen molar-refractivity contribution in [3.63, 3.8) is 0 Å². The first kappa shape index (κ1) is 36.8. The fourth-order valence-corrected chi connectivity index (χ4v) is 5.99. The lowest BCUT2D eigenvalue weighted by Crippen LogP contribution is -2.57. The van der Waals surface area contributed by atoms with Gasteiger partial charge < -0.3 is 20.4 Å². The molecule has 2 aromatic carbocycles. The van der Waals surface area contributed by atoms with E-state index in [-0.39, 0.29) is 25.7 Å². The lowest BCUT2D eigenvalue weighted by Gasteiger charge is -2.32. The molecule has 248 valence electrons. The summed E-state index contributed by atoms with van der Waals surface area (Å²) >= 11 is 0. The van der Waals surface area contributed by atoms with E-state index in [9.17, 15) is 49.2 Å². The van der Waals surface area contributed by atoms with Crippen molar-refractivity contribution in [1.82, 2.24) is 0 Å². The fraction of sp³-hybridized carbons (Fsp3) is 0.500. The molecule has 0 heterocycles. The molecule has 0 fully saturated rings. The SMILES string of the molecule is CC1(C)Cc2ccc(cc2)CC(C)(C)C(=O)C(O)(O)C(=O)C(=O)C(C)(C)Cc2ccc(cc2)CC(C)(C)C(=O)C(O)(O)C(=O)C1=O. The van der Waals surface area contributed by atoms with Crippen LogP contribution in [0.3, 0.4) is 0 Å². The Bertz CT molecular complexity index is 1450. The van der Waals surface area contributed by atoms with E-state index in [2.05, 4.69) is 0 Å². The number of rotatable bonds is 0. The molecule has 6 rings (SSSR count). The molecule has 4 aliphatic rings. The highest BCUT2D eigenvalue weighted by Gasteiger charge is 2.55. The number of ketones is 6. The van der Waals surface area contributed by atoms with Crippen molar-refractivity contribution in [3.8, 4) is 0 Å². The Kier molecular flexibility index (Phi) is 9.71. The number of hydrogen-bond acceptors (Lipinski definition) is 10. The molecule has 0 aromatic heterocycles. The highest BCUT2D eigenvalue weighted by atomic mass is 16.5. The third kappa shape index (κ3) is 7.31. The summed E-state index contributed by atoms with van der Waals surface area (Å²) in [5.41, 5.74) is -3.59. The summed E-state index contributed by atoms with van der Waals surface area (Å²) in [6.45, 7) is 11.5. The van der Waals surface area contributed by atoms with Gasteiger partial charge in [0, 0.05) is 21.7 Å². The Morgan fingerprint density at radius 3 is 0.783 bits per heavy atom. The molecule has 0 aliphatic heterocycles. The Balaban J connectivity index is 2.10. The Hall–Kier alpha value is -3.70. The van der Waals surface area contributed by atoms with Crippen molar-refractivity contribution in [3.05, 3.63) is 70.8 Å². The van der Waals surface area contributed by atoms with Gasteiger partial charge in [-0.05, 0) is 47.9 Å². The maximum absolute atomic E-state index is 13.3. The van der Waals surface area contributed by atoms with Gasteiger partial charge in [0.05, 0.1) is 0 Å². The van der Waals surface area contributed by atoms with E-state index in [1.807, 2.05) is 0 Å². The van der Waals surface area contributed by atoms with Gasteiger partial charge in [-0.15, -0.1) is 0 Å². The Morgan fingerprint density at radius 2 is 0.565 bits per heavy atom. The van der Waals surface area contributed by atoms with E-state index in [1.54, 1.807) is 48.5 Å². The molecule has 0 saturated heterocycles. The number of aliphatic hydroxyl groups is 4. The van der Waals surface area contributed by atoms with E-state index >= 15 is 0 Å². The number of carbonyl (C=O) groups is 6. The predicted molar refractivity (Wildman–Crippen MR) is 167 cm³/mol. The van der Waals surface area contributed by atoms with E-state index in [0.717, 1.165) is 0 Å². The third-order valence-corrected chi connectivity index (χ3v) is 8.77. The second kappa shape index (κ2) is 12.2. The van der Waals surface area contributed by atoms with E-state index in [1.165, 1.54) is 55.4 Å². The van der Waals surface area contributed by atoms with Gasteiger partial charge in [-0.2, -0.15) is 0 Å². The first-order valence-electron chi connectivity index (χ1n) is 15.1. The monoisotopic (exact) mass is 636 g/mol. The van der Waals surface area contributed by atoms with Crippen LogP contribution >= 0.6 is 0 Å². The van der Waals surface area contributed by atoms with E-state index in [0.29, 0.717) is 22.3 Å². The molecule has 0 spiro atoms. The Labute approximate surface area is 268 Å². The normalized spacial score (nSPS) is 23.3. The molecule has 0 amide bonds. The topological polar surface area (TPSA) is 183 Å². The minimum atomic E-state index is -3.56. The zero-order chi connectivity index (χ0) is 35.3. The van der Waals surface area contributed by atoms with Crippen molar-refractivity contribution in [1.29, 1.82) is 0 Å². The molecule has 0 saturated carbocycles. The van der Waals surface area contributed by atoms with Crippen LogP contribution < -0.4 is 0 Å². The summed E-state index contributed by atoms with van der Waals surface area (Å²) in [6.07, 6.45) is -0.100. The van der Waals surface area contributed by atoms with Crippen molar-refractivity contribution >= 4 is 34.7 Å². The van der Waals surface area contributed by atoms with Crippen LogP contribution in [0.5, 0.6) is 0 Å². The summed E-state index contributed by atoms with van der Waals surface area (Å²) in [5, 5.41) is 43.0. The second-order valence-electron chi connectivity index (χ2n) is 15.2. The molecule has 4 aliphatic carbocycles. The first-order chi connectivity index (χ1) is 20.8. The molecule has 10 heteroatoms. The van der Waals surface area contributed by atoms with Gasteiger partial charge in [-0.3, -0.25) is 28.8 Å². The second-order valence-corrected chi connectivity index (χ2v) is 15.2. The molecule has 0 radical (unpaired) electrons. The first-order valence-corrected chi connectivity index (χ1v) is 15.1. The van der Waals surface area contributed by atoms with Crippen molar-refractivity contribution in [2.75, 3.05) is 0 Å². The van der Waals surface area contributed by atoms with E-state index < -0.39 is 67.9 Å². The molecule has 10 nitrogen and oxygen atoms in total. The summed E-state index contributed by atoms with van der Waals surface area (Å²) in [4.78, 5) is 79.5. The van der Waals surface area contributed by atoms with Gasteiger partial charge in [0.1, 0.15) is 0 Å². The van der Waals surface area contributed by atoms with Gasteiger partial charge in [0.15, 0.2) is 0 Å². The highest BCUT2D eigenvalue weighted by Crippen LogP contribution is 2.34. The molecular formula is C36H44O10. The molecule has 4 N–H and O–H groups in total. The van der Waals surface area contributed by atoms with Gasteiger partial charge in [-0.1, -0.05) is 104 Å². The number of carbonyl (C=O) groups excluding carboxylic acids is 6. The molecule has 0 unspecified atom stereocenters. The quantitative estimate of drug-likeness (QED) is 0.190. The van der Waals surface area contributed by atoms with Crippen LogP contribution in [0.1, 0.15) is 77.6 Å². The van der Waals surface area contributed by atoms with Crippen molar-refractivity contribution in [2.45, 2.75) is 92.6 Å². The fourth-order valence-electron chi connectivity index (χ4n) is 5.99. The molecule has 0 atom stereocenters. The lowest BCUT2D eigenvalue weighted by molar-refractivity contribution is -0.197. The van der Waals surface area contributed by atoms with E-state index in [4.69, 9.17) is 0 Å². The van der Waals surface area contributed by atoms with Crippen LogP contribution in [-0.2, 0) is 54.5 Å². The summed E-state index contributed by atoms with van der Waals surface area (Å²) in [5.74, 6) is -15.1. The van der Waals surface area contributed by atoms with Crippen LogP contribution in [0.4, 0.5) is 0 Å². The molecule has 46 heavy (non-hydrogen) atoms. The average Bonchev–Trinajstić information content (AvgIpc) is 2.95. The Morgan fingerprint density at radius 1 is 0.370 bits per heavy atom. The molecule has 2 aromatic rings. The zero-order valence-corrected chi connectivity index (χ0v) is 27.7.